The molecule has 0 saturated heterocycles. The summed E-state index contributed by atoms with van der Waals surface area (Å²) < 4.78 is 26.8. The molecule has 0 aliphatic heterocycles. The minimum absolute atomic E-state index is 0.180. The van der Waals surface area contributed by atoms with Crippen LogP contribution >= 0.6 is 11.6 Å². The third-order valence-electron chi connectivity index (χ3n) is 2.73. The van der Waals surface area contributed by atoms with E-state index in [4.69, 9.17) is 11.6 Å². The van der Waals surface area contributed by atoms with Crippen LogP contribution in [-0.4, -0.2) is 20.4 Å². The number of H-pyrrole nitrogens is 1. The van der Waals surface area contributed by atoms with Crippen molar-refractivity contribution in [2.75, 3.05) is 0 Å². The monoisotopic (exact) mass is 292 g/mol. The molecule has 0 aliphatic carbocycles. The number of nitrogens with zero attached hydrogens (tertiary/aromatic N) is 3. The molecule has 0 unspecified atom stereocenters. The lowest BCUT2D eigenvalue weighted by Crippen LogP contribution is -1.91. The highest BCUT2D eigenvalue weighted by Gasteiger charge is 2.16. The van der Waals surface area contributed by atoms with E-state index in [9.17, 15) is 8.78 Å². The quantitative estimate of drug-likeness (QED) is 0.787. The van der Waals surface area contributed by atoms with Gasteiger partial charge in [0.15, 0.2) is 5.15 Å². The fourth-order valence-electron chi connectivity index (χ4n) is 1.83. The van der Waals surface area contributed by atoms with Crippen LogP contribution in [0.3, 0.4) is 0 Å². The molecule has 2 heterocycles. The number of halogens is 3. The number of nitrogens with one attached hydrogen (secondary N) is 1. The van der Waals surface area contributed by atoms with Crippen LogP contribution in [-0.2, 0) is 0 Å². The Labute approximate surface area is 117 Å². The highest BCUT2D eigenvalue weighted by Crippen LogP contribution is 2.30. The van der Waals surface area contributed by atoms with Gasteiger partial charge in [-0.2, -0.15) is 5.10 Å². The number of aromatic amines is 1. The van der Waals surface area contributed by atoms with Crippen LogP contribution in [0.2, 0.25) is 5.15 Å². The standard InChI is InChI=1S/C13H7ClF2N4/c14-12-4-3-11(18-19-12)9-6-17-20-13(9)8-2-1-7(15)5-10(8)16/h1-6H,(H,17,20). The number of benzene rings is 1. The van der Waals surface area contributed by atoms with Crippen LogP contribution < -0.4 is 0 Å². The summed E-state index contributed by atoms with van der Waals surface area (Å²) in [4.78, 5) is 0. The van der Waals surface area contributed by atoms with E-state index in [2.05, 4.69) is 20.4 Å². The largest absolute Gasteiger partial charge is 0.284 e. The minimum Gasteiger partial charge on any atom is -0.284 e. The van der Waals surface area contributed by atoms with E-state index in [1.54, 1.807) is 18.3 Å². The number of hydrogen-bond acceptors (Lipinski definition) is 3. The third kappa shape index (κ3) is 2.25. The van der Waals surface area contributed by atoms with Crippen molar-refractivity contribution in [1.29, 1.82) is 0 Å². The molecule has 1 aromatic carbocycles. The fraction of sp³-hybridized carbons (Fsp3) is 0. The molecule has 20 heavy (non-hydrogen) atoms. The van der Waals surface area contributed by atoms with Gasteiger partial charge in [0.05, 0.1) is 5.69 Å². The van der Waals surface area contributed by atoms with Gasteiger partial charge in [0.1, 0.15) is 17.3 Å². The Kier molecular flexibility index (Phi) is 3.15. The molecule has 100 valence electrons. The van der Waals surface area contributed by atoms with Crippen molar-refractivity contribution in [1.82, 2.24) is 20.4 Å². The lowest BCUT2D eigenvalue weighted by atomic mass is 10.1. The van der Waals surface area contributed by atoms with E-state index in [0.29, 0.717) is 17.0 Å². The zero-order valence-electron chi connectivity index (χ0n) is 9.94. The molecule has 7 heteroatoms. The van der Waals surface area contributed by atoms with Gasteiger partial charge >= 0.3 is 0 Å². The maximum absolute atomic E-state index is 13.8. The first-order valence-corrected chi connectivity index (χ1v) is 6.02. The Morgan fingerprint density at radius 2 is 1.85 bits per heavy atom. The highest BCUT2D eigenvalue weighted by atomic mass is 35.5. The molecule has 0 saturated carbocycles. The molecule has 3 rings (SSSR count). The van der Waals surface area contributed by atoms with Gasteiger partial charge in [-0.05, 0) is 24.3 Å². The van der Waals surface area contributed by atoms with Crippen LogP contribution in [0.5, 0.6) is 0 Å². The first-order valence-electron chi connectivity index (χ1n) is 5.64. The number of rotatable bonds is 2. The molecule has 4 nitrogen and oxygen atoms in total. The maximum atomic E-state index is 13.8. The summed E-state index contributed by atoms with van der Waals surface area (Å²) in [5, 5.41) is 14.5. The summed E-state index contributed by atoms with van der Waals surface area (Å²) >= 11 is 5.67. The summed E-state index contributed by atoms with van der Waals surface area (Å²) in [5.74, 6) is -1.34. The average molecular weight is 293 g/mol. The summed E-state index contributed by atoms with van der Waals surface area (Å²) in [6, 6.07) is 6.52. The van der Waals surface area contributed by atoms with Gasteiger partial charge in [-0.25, -0.2) is 8.78 Å². The number of aromatic nitrogens is 4. The van der Waals surface area contributed by atoms with Crippen molar-refractivity contribution in [3.05, 3.63) is 53.3 Å². The smallest absolute Gasteiger partial charge is 0.151 e. The van der Waals surface area contributed by atoms with Crippen LogP contribution in [0, 0.1) is 11.6 Å². The van der Waals surface area contributed by atoms with E-state index in [-0.39, 0.29) is 10.7 Å². The molecule has 0 aliphatic rings. The zero-order chi connectivity index (χ0) is 14.1. The predicted octanol–water partition coefficient (Wildman–Crippen LogP) is 3.47. The maximum Gasteiger partial charge on any atom is 0.151 e. The third-order valence-corrected chi connectivity index (χ3v) is 2.94. The lowest BCUT2D eigenvalue weighted by molar-refractivity contribution is 0.585. The van der Waals surface area contributed by atoms with Crippen molar-refractivity contribution >= 4 is 11.6 Å². The van der Waals surface area contributed by atoms with Crippen LogP contribution in [0.25, 0.3) is 22.5 Å². The summed E-state index contributed by atoms with van der Waals surface area (Å²) in [6.07, 6.45) is 1.57. The summed E-state index contributed by atoms with van der Waals surface area (Å²) in [6.45, 7) is 0. The molecule has 2 aromatic heterocycles. The van der Waals surface area contributed by atoms with Gasteiger partial charge in [0.2, 0.25) is 0 Å². The van der Waals surface area contributed by atoms with Gasteiger partial charge in [0.25, 0.3) is 0 Å². The van der Waals surface area contributed by atoms with E-state index >= 15 is 0 Å². The van der Waals surface area contributed by atoms with Crippen LogP contribution in [0.4, 0.5) is 8.78 Å². The predicted molar refractivity (Wildman–Crippen MR) is 70.0 cm³/mol. The van der Waals surface area contributed by atoms with Gasteiger partial charge < -0.3 is 0 Å². The molecular weight excluding hydrogens is 286 g/mol. The van der Waals surface area contributed by atoms with Gasteiger partial charge in [-0.3, -0.25) is 5.10 Å². The molecular formula is C13H7ClF2N4. The van der Waals surface area contributed by atoms with Crippen LogP contribution in [0.15, 0.2) is 36.5 Å². The summed E-state index contributed by atoms with van der Waals surface area (Å²) in [7, 11) is 0. The average Bonchev–Trinajstić information content (AvgIpc) is 2.88. The molecule has 0 bridgehead atoms. The first kappa shape index (κ1) is 12.7. The Bertz CT molecular complexity index is 755. The Hall–Kier alpha value is -2.34. The fourth-order valence-corrected chi connectivity index (χ4v) is 1.93. The van der Waals surface area contributed by atoms with E-state index in [1.807, 2.05) is 0 Å². The number of hydrogen-bond donors (Lipinski definition) is 1. The Balaban J connectivity index is 2.12. The normalized spacial score (nSPS) is 10.8. The van der Waals surface area contributed by atoms with Gasteiger partial charge in [0, 0.05) is 23.4 Å². The molecule has 0 fully saturated rings. The van der Waals surface area contributed by atoms with Gasteiger partial charge in [-0.1, -0.05) is 11.6 Å². The SMILES string of the molecule is Fc1ccc(-c2n[nH]cc2-c2ccc(Cl)nn2)c(F)c1. The van der Waals surface area contributed by atoms with E-state index in [1.165, 1.54) is 12.1 Å². The molecule has 1 N–H and O–H groups in total. The highest BCUT2D eigenvalue weighted by molar-refractivity contribution is 6.29. The van der Waals surface area contributed by atoms with Crippen molar-refractivity contribution in [2.24, 2.45) is 0 Å². The Morgan fingerprint density at radius 3 is 2.55 bits per heavy atom. The van der Waals surface area contributed by atoms with E-state index in [0.717, 1.165) is 6.07 Å². The molecule has 3 aromatic rings. The zero-order valence-corrected chi connectivity index (χ0v) is 10.7. The second-order valence-electron chi connectivity index (χ2n) is 4.01. The van der Waals surface area contributed by atoms with Crippen molar-refractivity contribution in [3.63, 3.8) is 0 Å². The lowest BCUT2D eigenvalue weighted by Gasteiger charge is -2.03. The van der Waals surface area contributed by atoms with Crippen molar-refractivity contribution in [3.8, 4) is 22.5 Å². The Morgan fingerprint density at radius 1 is 1.00 bits per heavy atom. The molecule has 0 radical (unpaired) electrons. The van der Waals surface area contributed by atoms with Gasteiger partial charge in [-0.15, -0.1) is 10.2 Å². The second-order valence-corrected chi connectivity index (χ2v) is 4.40. The van der Waals surface area contributed by atoms with Crippen LogP contribution in [0.1, 0.15) is 0 Å². The van der Waals surface area contributed by atoms with Crippen molar-refractivity contribution < 1.29 is 8.78 Å². The summed E-state index contributed by atoms with van der Waals surface area (Å²) in [5.41, 5.74) is 1.56. The topological polar surface area (TPSA) is 54.5 Å². The second kappa shape index (κ2) is 4.97. The van der Waals surface area contributed by atoms with Crippen molar-refractivity contribution in [2.45, 2.75) is 0 Å². The molecule has 0 spiro atoms. The minimum atomic E-state index is -0.694. The molecule has 0 atom stereocenters. The van der Waals surface area contributed by atoms with E-state index < -0.39 is 11.6 Å². The molecule has 0 amide bonds. The first-order chi connectivity index (χ1) is 9.65.